The summed E-state index contributed by atoms with van der Waals surface area (Å²) < 4.78 is 66.8. The smallest absolute Gasteiger partial charge is 0.461 e. The molecule has 15 heteroatoms. The Hall–Kier alpha value is -1.88. The third kappa shape index (κ3) is 6.31. The standard InChI is InChI=1S/C16H22F3N7O3S.HI/c1-2-20-15(21-10-13-23-14(25-24-13)12-4-3-9-29-12)22-11-5-7-26(8-6-11)30(27,28)16(17,18)19;/h3-4,9,11H,2,5-8,10H2,1H3,(H2,20,21,22)(H,23,24,25);1H. The zero-order valence-electron chi connectivity index (χ0n) is 16.5. The zero-order chi connectivity index (χ0) is 21.8. The van der Waals surface area contributed by atoms with Crippen LogP contribution in [-0.4, -0.2) is 65.0 Å². The van der Waals surface area contributed by atoms with E-state index in [1.165, 1.54) is 6.26 Å². The number of guanidine groups is 1. The lowest BCUT2D eigenvalue weighted by Gasteiger charge is -2.32. The third-order valence-corrected chi connectivity index (χ3v) is 6.06. The number of sulfonamides is 1. The molecule has 3 heterocycles. The SMILES string of the molecule is CCNC(=NCc1nc(-c2ccco2)n[nH]1)NC1CCN(S(=O)(=O)C(F)(F)F)CC1.I. The lowest BCUT2D eigenvalue weighted by molar-refractivity contribution is -0.0494. The van der Waals surface area contributed by atoms with Gasteiger partial charge in [0.1, 0.15) is 12.4 Å². The molecule has 2 aromatic heterocycles. The van der Waals surface area contributed by atoms with Crippen LogP contribution in [0.25, 0.3) is 11.6 Å². The summed E-state index contributed by atoms with van der Waals surface area (Å²) in [6, 6.07) is 3.24. The van der Waals surface area contributed by atoms with Crippen molar-refractivity contribution in [3.8, 4) is 11.6 Å². The fraction of sp³-hybridized carbons (Fsp3) is 0.562. The van der Waals surface area contributed by atoms with Gasteiger partial charge in [-0.1, -0.05) is 0 Å². The molecule has 1 aliphatic rings. The lowest BCUT2D eigenvalue weighted by Crippen LogP contribution is -2.51. The summed E-state index contributed by atoms with van der Waals surface area (Å²) in [4.78, 5) is 8.69. The van der Waals surface area contributed by atoms with Crippen LogP contribution in [0.2, 0.25) is 0 Å². The number of rotatable bonds is 6. The van der Waals surface area contributed by atoms with E-state index in [0.29, 0.717) is 34.2 Å². The van der Waals surface area contributed by atoms with Gasteiger partial charge in [-0.25, -0.2) is 18.4 Å². The van der Waals surface area contributed by atoms with Crippen LogP contribution in [0.5, 0.6) is 0 Å². The van der Waals surface area contributed by atoms with E-state index >= 15 is 0 Å². The van der Waals surface area contributed by atoms with E-state index < -0.39 is 15.5 Å². The molecule has 0 aromatic carbocycles. The Bertz CT molecular complexity index is 956. The molecule has 174 valence electrons. The molecular formula is C16H23F3IN7O3S. The minimum absolute atomic E-state index is 0. The Kier molecular flexibility index (Phi) is 8.70. The number of hydrogen-bond donors (Lipinski definition) is 3. The molecule has 3 N–H and O–H groups in total. The molecule has 0 aliphatic carbocycles. The quantitative estimate of drug-likeness (QED) is 0.273. The summed E-state index contributed by atoms with van der Waals surface area (Å²) in [5.74, 6) is 1.88. The van der Waals surface area contributed by atoms with Gasteiger partial charge in [-0.3, -0.25) is 5.10 Å². The highest BCUT2D eigenvalue weighted by molar-refractivity contribution is 14.0. The highest BCUT2D eigenvalue weighted by Gasteiger charge is 2.50. The van der Waals surface area contributed by atoms with Crippen molar-refractivity contribution in [2.75, 3.05) is 19.6 Å². The van der Waals surface area contributed by atoms with Crippen LogP contribution in [-0.2, 0) is 16.6 Å². The number of H-pyrrole nitrogens is 1. The largest absolute Gasteiger partial charge is 0.511 e. The van der Waals surface area contributed by atoms with Crippen molar-refractivity contribution in [2.45, 2.75) is 37.9 Å². The van der Waals surface area contributed by atoms with Crippen LogP contribution in [0, 0.1) is 0 Å². The predicted molar refractivity (Wildman–Crippen MR) is 117 cm³/mol. The van der Waals surface area contributed by atoms with Gasteiger partial charge >= 0.3 is 15.5 Å². The highest BCUT2D eigenvalue weighted by atomic mass is 127. The number of alkyl halides is 3. The summed E-state index contributed by atoms with van der Waals surface area (Å²) in [7, 11) is -5.29. The van der Waals surface area contributed by atoms with Gasteiger partial charge in [0.05, 0.1) is 6.26 Å². The number of aromatic nitrogens is 3. The second-order valence-electron chi connectivity index (χ2n) is 6.55. The summed E-state index contributed by atoms with van der Waals surface area (Å²) in [6.07, 6.45) is 1.97. The van der Waals surface area contributed by atoms with Crippen LogP contribution in [0.15, 0.2) is 27.8 Å². The van der Waals surface area contributed by atoms with Crippen LogP contribution in [0.3, 0.4) is 0 Å². The topological polar surface area (TPSA) is 129 Å². The number of nitrogens with zero attached hydrogens (tertiary/aromatic N) is 4. The highest BCUT2D eigenvalue weighted by Crippen LogP contribution is 2.28. The minimum atomic E-state index is -5.29. The molecule has 31 heavy (non-hydrogen) atoms. The van der Waals surface area contributed by atoms with Crippen molar-refractivity contribution in [3.63, 3.8) is 0 Å². The Labute approximate surface area is 194 Å². The van der Waals surface area contributed by atoms with E-state index in [2.05, 4.69) is 30.8 Å². The molecule has 0 radical (unpaired) electrons. The van der Waals surface area contributed by atoms with E-state index in [0.717, 1.165) is 0 Å². The van der Waals surface area contributed by atoms with Crippen LogP contribution < -0.4 is 10.6 Å². The molecule has 0 unspecified atom stereocenters. The van der Waals surface area contributed by atoms with Crippen molar-refractivity contribution in [3.05, 3.63) is 24.2 Å². The first-order valence-corrected chi connectivity index (χ1v) is 10.7. The first kappa shape index (κ1) is 25.4. The summed E-state index contributed by atoms with van der Waals surface area (Å²) >= 11 is 0. The molecule has 2 aromatic rings. The Morgan fingerprint density at radius 1 is 1.39 bits per heavy atom. The predicted octanol–water partition coefficient (Wildman–Crippen LogP) is 2.05. The summed E-state index contributed by atoms with van der Waals surface area (Å²) in [5, 5.41) is 13.0. The molecule has 1 saturated heterocycles. The molecule has 0 amide bonds. The van der Waals surface area contributed by atoms with E-state index in [1.54, 1.807) is 12.1 Å². The van der Waals surface area contributed by atoms with Gasteiger partial charge in [-0.2, -0.15) is 17.5 Å². The maximum Gasteiger partial charge on any atom is 0.511 e. The van der Waals surface area contributed by atoms with Gasteiger partial charge in [-0.05, 0) is 31.9 Å². The van der Waals surface area contributed by atoms with Gasteiger partial charge in [0, 0.05) is 25.7 Å². The molecule has 0 bridgehead atoms. The Balaban J connectivity index is 0.00000341. The van der Waals surface area contributed by atoms with Gasteiger partial charge in [-0.15, -0.1) is 29.1 Å². The van der Waals surface area contributed by atoms with Crippen molar-refractivity contribution in [1.82, 2.24) is 30.1 Å². The van der Waals surface area contributed by atoms with Gasteiger partial charge in [0.15, 0.2) is 11.7 Å². The second kappa shape index (κ2) is 10.6. The van der Waals surface area contributed by atoms with E-state index in [9.17, 15) is 21.6 Å². The van der Waals surface area contributed by atoms with Crippen molar-refractivity contribution in [2.24, 2.45) is 4.99 Å². The number of halogens is 4. The van der Waals surface area contributed by atoms with Crippen molar-refractivity contribution >= 4 is 40.0 Å². The van der Waals surface area contributed by atoms with Gasteiger partial charge in [0.25, 0.3) is 0 Å². The maximum atomic E-state index is 12.7. The van der Waals surface area contributed by atoms with Gasteiger partial charge in [0.2, 0.25) is 5.82 Å². The first-order chi connectivity index (χ1) is 14.2. The Morgan fingerprint density at radius 2 is 2.10 bits per heavy atom. The van der Waals surface area contributed by atoms with Gasteiger partial charge < -0.3 is 15.1 Å². The molecule has 3 rings (SSSR count). The fourth-order valence-electron chi connectivity index (χ4n) is 2.94. The van der Waals surface area contributed by atoms with Crippen LogP contribution in [0.4, 0.5) is 13.2 Å². The van der Waals surface area contributed by atoms with E-state index in [4.69, 9.17) is 4.42 Å². The molecule has 1 fully saturated rings. The molecular weight excluding hydrogens is 554 g/mol. The minimum Gasteiger partial charge on any atom is -0.461 e. The first-order valence-electron chi connectivity index (χ1n) is 9.27. The number of hydrogen-bond acceptors (Lipinski definition) is 6. The zero-order valence-corrected chi connectivity index (χ0v) is 19.7. The number of piperidine rings is 1. The molecule has 10 nitrogen and oxygen atoms in total. The Morgan fingerprint density at radius 3 is 2.68 bits per heavy atom. The third-order valence-electron chi connectivity index (χ3n) is 4.43. The molecule has 1 aliphatic heterocycles. The molecule has 0 atom stereocenters. The lowest BCUT2D eigenvalue weighted by atomic mass is 10.1. The average molecular weight is 577 g/mol. The van der Waals surface area contributed by atoms with Crippen LogP contribution in [0.1, 0.15) is 25.6 Å². The number of furan rings is 1. The van der Waals surface area contributed by atoms with E-state index in [-0.39, 0.29) is 62.5 Å². The van der Waals surface area contributed by atoms with Crippen LogP contribution >= 0.6 is 24.0 Å². The number of aromatic amines is 1. The molecule has 0 spiro atoms. The van der Waals surface area contributed by atoms with E-state index in [1.807, 2.05) is 6.92 Å². The normalized spacial score (nSPS) is 16.7. The van der Waals surface area contributed by atoms with Crippen molar-refractivity contribution < 1.29 is 26.0 Å². The maximum absolute atomic E-state index is 12.7. The summed E-state index contributed by atoms with van der Waals surface area (Å²) in [6.45, 7) is 2.20. The fourth-order valence-corrected chi connectivity index (χ4v) is 3.92. The average Bonchev–Trinajstić information content (AvgIpc) is 3.37. The number of aliphatic imine (C=N–C) groups is 1. The number of nitrogens with one attached hydrogen (secondary N) is 3. The monoisotopic (exact) mass is 577 g/mol. The molecule has 0 saturated carbocycles. The second-order valence-corrected chi connectivity index (χ2v) is 8.48. The van der Waals surface area contributed by atoms with Crippen molar-refractivity contribution in [1.29, 1.82) is 0 Å². The summed E-state index contributed by atoms with van der Waals surface area (Å²) in [5.41, 5.74) is -5.28.